The molecule has 0 aliphatic heterocycles. The highest BCUT2D eigenvalue weighted by Crippen LogP contribution is 2.34. The van der Waals surface area contributed by atoms with Gasteiger partial charge in [-0.2, -0.15) is 0 Å². The molecule has 17 heavy (non-hydrogen) atoms. The standard InChI is InChI=1S/C14H13BrN2/c1-14(2,15)9-3-4-12-11(7-9)10-5-6-16-8-13(10)17-12/h3-8,17H,1-2H3. The number of aromatic nitrogens is 2. The van der Waals surface area contributed by atoms with E-state index in [4.69, 9.17) is 0 Å². The molecular formula is C14H13BrN2. The van der Waals surface area contributed by atoms with Gasteiger partial charge in [0.05, 0.1) is 11.7 Å². The first-order valence-corrected chi connectivity index (χ1v) is 6.40. The lowest BCUT2D eigenvalue weighted by Gasteiger charge is -2.16. The molecule has 0 aliphatic rings. The first-order valence-electron chi connectivity index (χ1n) is 5.60. The van der Waals surface area contributed by atoms with Gasteiger partial charge in [-0.05, 0) is 37.6 Å². The molecule has 3 heteroatoms. The molecule has 0 atom stereocenters. The number of nitrogens with one attached hydrogen (secondary N) is 1. The molecule has 1 aromatic carbocycles. The van der Waals surface area contributed by atoms with Gasteiger partial charge in [-0.3, -0.25) is 4.98 Å². The van der Waals surface area contributed by atoms with Crippen molar-refractivity contribution >= 4 is 37.7 Å². The van der Waals surface area contributed by atoms with Crippen molar-refractivity contribution in [3.8, 4) is 0 Å². The van der Waals surface area contributed by atoms with Crippen molar-refractivity contribution in [3.05, 3.63) is 42.2 Å². The molecule has 2 aromatic heterocycles. The van der Waals surface area contributed by atoms with Crippen LogP contribution in [0.4, 0.5) is 0 Å². The Morgan fingerprint density at radius 3 is 2.71 bits per heavy atom. The molecule has 0 fully saturated rings. The third kappa shape index (κ3) is 1.75. The zero-order valence-electron chi connectivity index (χ0n) is 9.79. The normalized spacial score (nSPS) is 12.4. The van der Waals surface area contributed by atoms with Gasteiger partial charge in [0, 0.05) is 26.8 Å². The second kappa shape index (κ2) is 3.57. The van der Waals surface area contributed by atoms with Crippen LogP contribution in [0.15, 0.2) is 36.7 Å². The van der Waals surface area contributed by atoms with Gasteiger partial charge in [0.15, 0.2) is 0 Å². The van der Waals surface area contributed by atoms with E-state index >= 15 is 0 Å². The first kappa shape index (κ1) is 10.8. The van der Waals surface area contributed by atoms with Crippen LogP contribution in [0.3, 0.4) is 0 Å². The van der Waals surface area contributed by atoms with Crippen LogP contribution in [0, 0.1) is 0 Å². The smallest absolute Gasteiger partial charge is 0.0651 e. The summed E-state index contributed by atoms with van der Waals surface area (Å²) in [6, 6.07) is 8.58. The highest BCUT2D eigenvalue weighted by Gasteiger charge is 2.16. The molecule has 0 aliphatic carbocycles. The number of nitrogens with zero attached hydrogens (tertiary/aromatic N) is 1. The minimum Gasteiger partial charge on any atom is -0.353 e. The Kier molecular flexibility index (Phi) is 2.26. The van der Waals surface area contributed by atoms with Gasteiger partial charge in [0.1, 0.15) is 0 Å². The summed E-state index contributed by atoms with van der Waals surface area (Å²) in [5.74, 6) is 0. The number of benzene rings is 1. The number of pyridine rings is 1. The van der Waals surface area contributed by atoms with Crippen LogP contribution in [-0.4, -0.2) is 9.97 Å². The Morgan fingerprint density at radius 1 is 1.12 bits per heavy atom. The molecule has 0 saturated heterocycles. The molecule has 86 valence electrons. The number of hydrogen-bond donors (Lipinski definition) is 1. The second-order valence-corrected chi connectivity index (χ2v) is 6.76. The van der Waals surface area contributed by atoms with E-state index in [1.165, 1.54) is 16.3 Å². The Bertz CT molecular complexity index is 692. The number of H-pyrrole nitrogens is 1. The quantitative estimate of drug-likeness (QED) is 0.663. The maximum atomic E-state index is 4.14. The molecule has 3 aromatic rings. The zero-order valence-corrected chi connectivity index (χ0v) is 11.4. The predicted octanol–water partition coefficient (Wildman–Crippen LogP) is 4.35. The molecule has 0 saturated carbocycles. The summed E-state index contributed by atoms with van der Waals surface area (Å²) in [4.78, 5) is 7.52. The average Bonchev–Trinajstić information content (AvgIpc) is 2.65. The van der Waals surface area contributed by atoms with Crippen LogP contribution in [0.5, 0.6) is 0 Å². The van der Waals surface area contributed by atoms with E-state index in [1.807, 2.05) is 12.4 Å². The first-order chi connectivity index (χ1) is 8.05. The highest BCUT2D eigenvalue weighted by molar-refractivity contribution is 9.09. The van der Waals surface area contributed by atoms with Crippen LogP contribution in [-0.2, 0) is 4.32 Å². The van der Waals surface area contributed by atoms with Gasteiger partial charge in [0.25, 0.3) is 0 Å². The van der Waals surface area contributed by atoms with Crippen molar-refractivity contribution in [1.82, 2.24) is 9.97 Å². The van der Waals surface area contributed by atoms with Crippen LogP contribution in [0.25, 0.3) is 21.8 Å². The van der Waals surface area contributed by atoms with E-state index in [1.54, 1.807) is 0 Å². The fraction of sp³-hybridized carbons (Fsp3) is 0.214. The molecule has 3 rings (SSSR count). The lowest BCUT2D eigenvalue weighted by atomic mass is 10.0. The van der Waals surface area contributed by atoms with Crippen LogP contribution in [0.1, 0.15) is 19.4 Å². The fourth-order valence-corrected chi connectivity index (χ4v) is 2.37. The highest BCUT2D eigenvalue weighted by atomic mass is 79.9. The number of halogens is 1. The van der Waals surface area contributed by atoms with Crippen molar-refractivity contribution in [3.63, 3.8) is 0 Å². The Hall–Kier alpha value is -1.35. The molecule has 1 N–H and O–H groups in total. The molecule has 0 spiro atoms. The van der Waals surface area contributed by atoms with E-state index in [-0.39, 0.29) is 4.32 Å². The van der Waals surface area contributed by atoms with Crippen molar-refractivity contribution in [2.45, 2.75) is 18.2 Å². The minimum atomic E-state index is -0.00217. The zero-order chi connectivity index (χ0) is 12.0. The summed E-state index contributed by atoms with van der Waals surface area (Å²) in [5.41, 5.74) is 3.53. The lowest BCUT2D eigenvalue weighted by Crippen LogP contribution is -2.05. The van der Waals surface area contributed by atoms with E-state index in [9.17, 15) is 0 Å². The Balaban J connectivity index is 2.38. The minimum absolute atomic E-state index is 0.00217. The number of aromatic amines is 1. The van der Waals surface area contributed by atoms with Crippen LogP contribution < -0.4 is 0 Å². The third-order valence-electron chi connectivity index (χ3n) is 3.09. The van der Waals surface area contributed by atoms with Gasteiger partial charge >= 0.3 is 0 Å². The van der Waals surface area contributed by atoms with Crippen molar-refractivity contribution < 1.29 is 0 Å². The largest absolute Gasteiger partial charge is 0.353 e. The lowest BCUT2D eigenvalue weighted by molar-refractivity contribution is 0.805. The van der Waals surface area contributed by atoms with Gasteiger partial charge in [-0.15, -0.1) is 0 Å². The summed E-state index contributed by atoms with van der Waals surface area (Å²) in [7, 11) is 0. The maximum absolute atomic E-state index is 4.14. The van der Waals surface area contributed by atoms with E-state index in [0.717, 1.165) is 11.0 Å². The second-order valence-electron chi connectivity index (χ2n) is 4.78. The summed E-state index contributed by atoms with van der Waals surface area (Å²) < 4.78 is -0.00217. The van der Waals surface area contributed by atoms with Gasteiger partial charge < -0.3 is 4.98 Å². The molecule has 0 bridgehead atoms. The SMILES string of the molecule is CC(C)(Br)c1ccc2[nH]c3cnccc3c2c1. The van der Waals surface area contributed by atoms with Gasteiger partial charge in [-0.1, -0.05) is 22.0 Å². The third-order valence-corrected chi connectivity index (χ3v) is 3.54. The van der Waals surface area contributed by atoms with Crippen molar-refractivity contribution in [1.29, 1.82) is 0 Å². The van der Waals surface area contributed by atoms with Crippen molar-refractivity contribution in [2.75, 3.05) is 0 Å². The Labute approximate surface area is 108 Å². The summed E-state index contributed by atoms with van der Waals surface area (Å²) >= 11 is 3.70. The van der Waals surface area contributed by atoms with Gasteiger partial charge in [0.2, 0.25) is 0 Å². The summed E-state index contributed by atoms with van der Waals surface area (Å²) in [5, 5.41) is 2.49. The van der Waals surface area contributed by atoms with E-state index < -0.39 is 0 Å². The van der Waals surface area contributed by atoms with E-state index in [2.05, 4.69) is 64.0 Å². The molecule has 2 nitrogen and oxygen atoms in total. The number of rotatable bonds is 1. The molecule has 2 heterocycles. The number of fused-ring (bicyclic) bond motifs is 3. The maximum Gasteiger partial charge on any atom is 0.0651 e. The Morgan fingerprint density at radius 2 is 1.94 bits per heavy atom. The monoisotopic (exact) mass is 288 g/mol. The number of hydrogen-bond acceptors (Lipinski definition) is 1. The average molecular weight is 289 g/mol. The van der Waals surface area contributed by atoms with Gasteiger partial charge in [-0.25, -0.2) is 0 Å². The molecule has 0 amide bonds. The summed E-state index contributed by atoms with van der Waals surface area (Å²) in [6.45, 7) is 4.31. The molecular weight excluding hydrogens is 276 g/mol. The molecule has 0 radical (unpaired) electrons. The van der Waals surface area contributed by atoms with Crippen LogP contribution in [0.2, 0.25) is 0 Å². The van der Waals surface area contributed by atoms with Crippen LogP contribution >= 0.6 is 15.9 Å². The number of alkyl halides is 1. The predicted molar refractivity (Wildman–Crippen MR) is 75.6 cm³/mol. The summed E-state index contributed by atoms with van der Waals surface area (Å²) in [6.07, 6.45) is 3.70. The molecule has 0 unspecified atom stereocenters. The van der Waals surface area contributed by atoms with E-state index in [0.29, 0.717) is 0 Å². The van der Waals surface area contributed by atoms with Crippen molar-refractivity contribution in [2.24, 2.45) is 0 Å². The fourth-order valence-electron chi connectivity index (χ4n) is 2.12. The topological polar surface area (TPSA) is 28.7 Å².